The van der Waals surface area contributed by atoms with E-state index in [4.69, 9.17) is 16.2 Å². The van der Waals surface area contributed by atoms with Crippen LogP contribution in [0.5, 0.6) is 5.75 Å². The van der Waals surface area contributed by atoms with Gasteiger partial charge in [0.15, 0.2) is 0 Å². The summed E-state index contributed by atoms with van der Waals surface area (Å²) in [6.45, 7) is 0.412. The van der Waals surface area contributed by atoms with Crippen LogP contribution in [0.15, 0.2) is 72.8 Å². The molecule has 0 fully saturated rings. The summed E-state index contributed by atoms with van der Waals surface area (Å²) in [5, 5.41) is 4.78. The van der Waals surface area contributed by atoms with E-state index in [-0.39, 0.29) is 5.91 Å². The minimum atomic E-state index is -0.801. The second-order valence-electron chi connectivity index (χ2n) is 7.55. The van der Waals surface area contributed by atoms with Gasteiger partial charge in [0, 0.05) is 0 Å². The van der Waals surface area contributed by atoms with Crippen molar-refractivity contribution in [2.75, 3.05) is 6.54 Å². The Kier molecular flexibility index (Phi) is 8.15. The summed E-state index contributed by atoms with van der Waals surface area (Å²) in [5.74, 6) is -0.454. The molecule has 0 saturated heterocycles. The highest BCUT2D eigenvalue weighted by Crippen LogP contribution is 2.21. The first-order chi connectivity index (χ1) is 15.1. The van der Waals surface area contributed by atoms with Gasteiger partial charge in [0.2, 0.25) is 5.91 Å². The predicted molar refractivity (Wildman–Crippen MR) is 123 cm³/mol. The third kappa shape index (κ3) is 6.64. The lowest BCUT2D eigenvalue weighted by molar-refractivity contribution is -0.139. The zero-order valence-electron chi connectivity index (χ0n) is 17.5. The highest BCUT2D eigenvalue weighted by molar-refractivity contribution is 5.89. The Morgan fingerprint density at radius 1 is 0.903 bits per heavy atom. The van der Waals surface area contributed by atoms with Gasteiger partial charge in [0.25, 0.3) is 0 Å². The van der Waals surface area contributed by atoms with Gasteiger partial charge in [0.05, 0.1) is 6.04 Å². The molecule has 3 rings (SSSR count). The second kappa shape index (κ2) is 11.2. The number of benzene rings is 3. The van der Waals surface area contributed by atoms with E-state index in [1.807, 2.05) is 60.7 Å². The number of rotatable bonds is 10. The molecule has 1 amide bonds. The van der Waals surface area contributed by atoms with E-state index in [2.05, 4.69) is 5.32 Å². The largest absolute Gasteiger partial charge is 0.425 e. The summed E-state index contributed by atoms with van der Waals surface area (Å²) in [4.78, 5) is 25.4. The molecule has 2 atom stereocenters. The maximum Gasteiger partial charge on any atom is 0.334 e. The lowest BCUT2D eigenvalue weighted by atomic mass is 10.0. The molecule has 0 aromatic heterocycles. The summed E-state index contributed by atoms with van der Waals surface area (Å²) >= 11 is 0. The van der Waals surface area contributed by atoms with Crippen LogP contribution < -0.4 is 21.5 Å². The summed E-state index contributed by atoms with van der Waals surface area (Å²) in [5.41, 5.74) is 12.8. The van der Waals surface area contributed by atoms with Gasteiger partial charge in [-0.15, -0.1) is 0 Å². The van der Waals surface area contributed by atoms with Crippen LogP contribution in [0.1, 0.15) is 24.8 Å². The molecule has 0 saturated carbocycles. The number of carbonyl (C=O) groups excluding carboxylic acids is 2. The van der Waals surface area contributed by atoms with E-state index in [1.54, 1.807) is 12.1 Å². The van der Waals surface area contributed by atoms with E-state index < -0.39 is 18.1 Å². The fraction of sp³-hybridized carbons (Fsp3) is 0.280. The van der Waals surface area contributed by atoms with E-state index in [1.165, 1.54) is 0 Å². The lowest BCUT2D eigenvalue weighted by Crippen LogP contribution is -2.49. The van der Waals surface area contributed by atoms with Gasteiger partial charge in [-0.1, -0.05) is 60.7 Å². The Morgan fingerprint density at radius 2 is 1.61 bits per heavy atom. The molecule has 0 bridgehead atoms. The Bertz CT molecular complexity index is 1010. The Morgan fingerprint density at radius 3 is 2.35 bits per heavy atom. The zero-order chi connectivity index (χ0) is 22.1. The fourth-order valence-electron chi connectivity index (χ4n) is 3.37. The number of hydrogen-bond donors (Lipinski definition) is 3. The van der Waals surface area contributed by atoms with E-state index in [0.717, 1.165) is 16.3 Å². The molecular formula is C25H29N3O3. The third-order valence-corrected chi connectivity index (χ3v) is 5.16. The highest BCUT2D eigenvalue weighted by Gasteiger charge is 2.25. The Hall–Kier alpha value is -3.22. The van der Waals surface area contributed by atoms with Crippen molar-refractivity contribution in [1.82, 2.24) is 5.32 Å². The number of aryl methyl sites for hydroxylation is 1. The van der Waals surface area contributed by atoms with Crippen LogP contribution in [0.25, 0.3) is 10.8 Å². The van der Waals surface area contributed by atoms with E-state index >= 15 is 0 Å². The second-order valence-corrected chi connectivity index (χ2v) is 7.55. The Labute approximate surface area is 182 Å². The van der Waals surface area contributed by atoms with Crippen molar-refractivity contribution in [2.45, 2.75) is 37.8 Å². The number of nitrogens with two attached hydrogens (primary N) is 2. The highest BCUT2D eigenvalue weighted by atomic mass is 16.5. The van der Waals surface area contributed by atoms with Crippen LogP contribution in [0.2, 0.25) is 0 Å². The maximum atomic E-state index is 12.8. The van der Waals surface area contributed by atoms with E-state index in [0.29, 0.717) is 38.0 Å². The number of hydrogen-bond acceptors (Lipinski definition) is 5. The van der Waals surface area contributed by atoms with Gasteiger partial charge in [-0.05, 0) is 60.7 Å². The molecule has 31 heavy (non-hydrogen) atoms. The molecule has 3 aromatic carbocycles. The Balaban J connectivity index is 1.60. The van der Waals surface area contributed by atoms with Crippen molar-refractivity contribution < 1.29 is 14.3 Å². The summed E-state index contributed by atoms with van der Waals surface area (Å²) in [6, 6.07) is 21.6. The van der Waals surface area contributed by atoms with Gasteiger partial charge >= 0.3 is 5.97 Å². The van der Waals surface area contributed by atoms with Crippen LogP contribution in [0.4, 0.5) is 0 Å². The first kappa shape index (κ1) is 22.5. The molecule has 162 valence electrons. The normalized spacial score (nSPS) is 12.8. The molecule has 0 aliphatic rings. The van der Waals surface area contributed by atoms with Crippen LogP contribution in [-0.2, 0) is 16.0 Å². The first-order valence-corrected chi connectivity index (χ1v) is 10.6. The van der Waals surface area contributed by atoms with Crippen molar-refractivity contribution in [2.24, 2.45) is 11.5 Å². The molecule has 0 aliphatic heterocycles. The SMILES string of the molecule is NCCC[C@H](NC(=O)[C@@H](N)CCc1ccccc1)C(=O)Oc1ccc2ccccc2c1. The minimum Gasteiger partial charge on any atom is -0.425 e. The van der Waals surface area contributed by atoms with Crippen LogP contribution >= 0.6 is 0 Å². The van der Waals surface area contributed by atoms with Crippen LogP contribution in [-0.4, -0.2) is 30.5 Å². The van der Waals surface area contributed by atoms with Crippen molar-refractivity contribution in [3.8, 4) is 5.75 Å². The van der Waals surface area contributed by atoms with Crippen LogP contribution in [0, 0.1) is 0 Å². The van der Waals surface area contributed by atoms with E-state index in [9.17, 15) is 9.59 Å². The lowest BCUT2D eigenvalue weighted by Gasteiger charge is -2.20. The first-order valence-electron chi connectivity index (χ1n) is 10.6. The summed E-state index contributed by atoms with van der Waals surface area (Å²) in [6.07, 6.45) is 2.14. The smallest absolute Gasteiger partial charge is 0.334 e. The van der Waals surface area contributed by atoms with Crippen molar-refractivity contribution >= 4 is 22.6 Å². The maximum absolute atomic E-state index is 12.8. The fourth-order valence-corrected chi connectivity index (χ4v) is 3.37. The number of esters is 1. The topological polar surface area (TPSA) is 107 Å². The molecule has 0 spiro atoms. The number of nitrogens with one attached hydrogen (secondary N) is 1. The third-order valence-electron chi connectivity index (χ3n) is 5.16. The average Bonchev–Trinajstić information content (AvgIpc) is 2.80. The predicted octanol–water partition coefficient (Wildman–Crippen LogP) is 2.93. The molecule has 6 heteroatoms. The van der Waals surface area contributed by atoms with Gasteiger partial charge in [-0.2, -0.15) is 0 Å². The minimum absolute atomic E-state index is 0.367. The molecule has 0 unspecified atom stereocenters. The van der Waals surface area contributed by atoms with Gasteiger partial charge in [-0.25, -0.2) is 4.79 Å². The average molecular weight is 420 g/mol. The molecule has 6 nitrogen and oxygen atoms in total. The van der Waals surface area contributed by atoms with Crippen molar-refractivity contribution in [1.29, 1.82) is 0 Å². The molecule has 0 heterocycles. The van der Waals surface area contributed by atoms with Gasteiger partial charge < -0.3 is 21.5 Å². The molecule has 0 radical (unpaired) electrons. The standard InChI is InChI=1S/C25H29N3O3/c26-16-6-11-23(28-24(29)22(27)15-12-18-7-2-1-3-8-18)25(30)31-21-14-13-19-9-4-5-10-20(19)17-21/h1-5,7-10,13-14,17,22-23H,6,11-12,15-16,26-27H2,(H,28,29)/t22-,23-/m0/s1. The number of amides is 1. The van der Waals surface area contributed by atoms with Crippen molar-refractivity contribution in [3.05, 3.63) is 78.4 Å². The van der Waals surface area contributed by atoms with Gasteiger partial charge in [-0.3, -0.25) is 4.79 Å². The molecule has 0 aliphatic carbocycles. The number of carbonyl (C=O) groups is 2. The van der Waals surface area contributed by atoms with Crippen LogP contribution in [0.3, 0.4) is 0 Å². The number of fused-ring (bicyclic) bond motifs is 1. The molecule has 5 N–H and O–H groups in total. The monoisotopic (exact) mass is 419 g/mol. The number of ether oxygens (including phenoxy) is 1. The molecular weight excluding hydrogens is 390 g/mol. The van der Waals surface area contributed by atoms with Crippen molar-refractivity contribution in [3.63, 3.8) is 0 Å². The quantitative estimate of drug-likeness (QED) is 0.346. The summed E-state index contributed by atoms with van der Waals surface area (Å²) < 4.78 is 5.56. The summed E-state index contributed by atoms with van der Waals surface area (Å²) in [7, 11) is 0. The zero-order valence-corrected chi connectivity index (χ0v) is 17.5. The molecule has 3 aromatic rings. The van der Waals surface area contributed by atoms with Gasteiger partial charge in [0.1, 0.15) is 11.8 Å².